The van der Waals surface area contributed by atoms with Gasteiger partial charge < -0.3 is 19.7 Å². The summed E-state index contributed by atoms with van der Waals surface area (Å²) >= 11 is 6.24. The predicted octanol–water partition coefficient (Wildman–Crippen LogP) is 2.56. The number of amides is 1. The molecule has 3 heterocycles. The molecule has 2 atom stereocenters. The second kappa shape index (κ2) is 6.16. The van der Waals surface area contributed by atoms with Crippen molar-refractivity contribution in [3.8, 4) is 11.3 Å². The van der Waals surface area contributed by atoms with Crippen molar-refractivity contribution in [1.82, 2.24) is 10.2 Å². The minimum Gasteiger partial charge on any atom is -0.460 e. The summed E-state index contributed by atoms with van der Waals surface area (Å²) in [6.07, 6.45) is 0. The minimum absolute atomic E-state index is 0.0400. The number of rotatable bonds is 3. The third-order valence-corrected chi connectivity index (χ3v) is 5.90. The van der Waals surface area contributed by atoms with Gasteiger partial charge in [0.1, 0.15) is 11.5 Å². The molecule has 2 fully saturated rings. The number of nitrogens with one attached hydrogen (secondary N) is 1. The number of nitrogens with zero attached hydrogens (tertiary/aromatic N) is 1. The summed E-state index contributed by atoms with van der Waals surface area (Å²) in [7, 11) is 0. The van der Waals surface area contributed by atoms with Crippen LogP contribution in [-0.4, -0.2) is 48.7 Å². The van der Waals surface area contributed by atoms with E-state index >= 15 is 0 Å². The number of fused-ring (bicyclic) bond motifs is 1. The van der Waals surface area contributed by atoms with Crippen molar-refractivity contribution in [1.29, 1.82) is 0 Å². The summed E-state index contributed by atoms with van der Waals surface area (Å²) in [6, 6.07) is 9.20. The fraction of sp³-hybridized carbons (Fsp3) is 0.421. The first-order valence-corrected chi connectivity index (χ1v) is 8.88. The normalized spacial score (nSPS) is 25.4. The van der Waals surface area contributed by atoms with Crippen LogP contribution in [0.4, 0.5) is 0 Å². The minimum atomic E-state index is -0.209. The molecule has 1 aromatic heterocycles. The molecule has 2 N–H and O–H groups in total. The highest BCUT2D eigenvalue weighted by atomic mass is 35.5. The van der Waals surface area contributed by atoms with E-state index in [0.29, 0.717) is 41.1 Å². The van der Waals surface area contributed by atoms with Gasteiger partial charge >= 0.3 is 0 Å². The van der Waals surface area contributed by atoms with E-state index in [1.54, 1.807) is 19.1 Å². The first-order valence-electron chi connectivity index (χ1n) is 8.50. The van der Waals surface area contributed by atoms with Gasteiger partial charge in [-0.3, -0.25) is 4.79 Å². The van der Waals surface area contributed by atoms with E-state index in [0.717, 1.165) is 18.7 Å². The number of aryl methyl sites for hydroxylation is 1. The lowest BCUT2D eigenvalue weighted by Crippen LogP contribution is -2.37. The molecule has 6 heteroatoms. The zero-order valence-corrected chi connectivity index (χ0v) is 14.8. The Balaban J connectivity index is 1.61. The van der Waals surface area contributed by atoms with Gasteiger partial charge in [0.05, 0.1) is 17.2 Å². The van der Waals surface area contributed by atoms with Gasteiger partial charge in [-0.2, -0.15) is 0 Å². The van der Waals surface area contributed by atoms with Crippen LogP contribution >= 0.6 is 11.6 Å². The van der Waals surface area contributed by atoms with Crippen LogP contribution in [0.5, 0.6) is 0 Å². The number of furan rings is 1. The monoisotopic (exact) mass is 360 g/mol. The Morgan fingerprint density at radius 3 is 3.00 bits per heavy atom. The Labute approximate surface area is 151 Å². The second-order valence-electron chi connectivity index (χ2n) is 7.09. The zero-order chi connectivity index (χ0) is 17.6. The molecule has 2 unspecified atom stereocenters. The first-order chi connectivity index (χ1) is 12.0. The molecule has 1 amide bonds. The molecule has 5 nitrogen and oxygen atoms in total. The lowest BCUT2D eigenvalue weighted by atomic mass is 9.82. The molecular formula is C19H21ClN2O3. The van der Waals surface area contributed by atoms with Crippen LogP contribution in [0.15, 0.2) is 34.7 Å². The van der Waals surface area contributed by atoms with Gasteiger partial charge in [-0.05, 0) is 31.0 Å². The van der Waals surface area contributed by atoms with E-state index in [4.69, 9.17) is 16.0 Å². The van der Waals surface area contributed by atoms with Crippen LogP contribution in [0.3, 0.4) is 0 Å². The summed E-state index contributed by atoms with van der Waals surface area (Å²) in [5.74, 6) is 1.45. The Morgan fingerprint density at radius 2 is 2.28 bits per heavy atom. The smallest absolute Gasteiger partial charge is 0.257 e. The highest BCUT2D eigenvalue weighted by Crippen LogP contribution is 2.39. The maximum absolute atomic E-state index is 13.0. The van der Waals surface area contributed by atoms with Gasteiger partial charge in [-0.1, -0.05) is 23.7 Å². The number of carbonyl (C=O) groups is 1. The molecule has 2 saturated heterocycles. The molecule has 0 bridgehead atoms. The zero-order valence-electron chi connectivity index (χ0n) is 14.1. The van der Waals surface area contributed by atoms with E-state index in [-0.39, 0.29) is 17.9 Å². The Kier molecular flexibility index (Phi) is 4.10. The van der Waals surface area contributed by atoms with Crippen molar-refractivity contribution in [2.24, 2.45) is 11.3 Å². The predicted molar refractivity (Wildman–Crippen MR) is 95.7 cm³/mol. The molecule has 1 aromatic carbocycles. The summed E-state index contributed by atoms with van der Waals surface area (Å²) in [5, 5.41) is 13.7. The largest absolute Gasteiger partial charge is 0.460 e. The van der Waals surface area contributed by atoms with Crippen molar-refractivity contribution in [2.75, 3.05) is 32.8 Å². The number of aliphatic hydroxyl groups excluding tert-OH is 1. The van der Waals surface area contributed by atoms with E-state index in [1.165, 1.54) is 0 Å². The van der Waals surface area contributed by atoms with E-state index < -0.39 is 0 Å². The molecule has 132 valence electrons. The molecule has 2 aliphatic rings. The lowest BCUT2D eigenvalue weighted by molar-refractivity contribution is 0.0743. The van der Waals surface area contributed by atoms with Crippen LogP contribution in [0, 0.1) is 18.3 Å². The SMILES string of the molecule is Cc1oc(-c2ccccc2Cl)cc1C(=O)N1CC2CNCC2(CO)C1. The number of benzene rings is 1. The van der Waals surface area contributed by atoms with Gasteiger partial charge in [0.2, 0.25) is 0 Å². The van der Waals surface area contributed by atoms with Gasteiger partial charge in [0.15, 0.2) is 0 Å². The van der Waals surface area contributed by atoms with Crippen LogP contribution in [0.1, 0.15) is 16.1 Å². The van der Waals surface area contributed by atoms with Crippen molar-refractivity contribution < 1.29 is 14.3 Å². The summed E-state index contributed by atoms with van der Waals surface area (Å²) in [6.45, 7) is 4.74. The van der Waals surface area contributed by atoms with Crippen LogP contribution in [-0.2, 0) is 0 Å². The number of hydrogen-bond donors (Lipinski definition) is 2. The third-order valence-electron chi connectivity index (χ3n) is 5.57. The third kappa shape index (κ3) is 2.67. The quantitative estimate of drug-likeness (QED) is 0.883. The molecule has 0 saturated carbocycles. The number of aliphatic hydroxyl groups is 1. The fourth-order valence-electron chi connectivity index (χ4n) is 4.06. The van der Waals surface area contributed by atoms with E-state index in [9.17, 15) is 9.90 Å². The average Bonchev–Trinajstić information content (AvgIpc) is 3.26. The topological polar surface area (TPSA) is 65.7 Å². The molecule has 0 spiro atoms. The summed E-state index contributed by atoms with van der Waals surface area (Å²) in [5.41, 5.74) is 1.13. The molecular weight excluding hydrogens is 340 g/mol. The number of likely N-dealkylation sites (tertiary alicyclic amines) is 1. The fourth-order valence-corrected chi connectivity index (χ4v) is 4.29. The lowest BCUT2D eigenvalue weighted by Gasteiger charge is -2.25. The standard InChI is InChI=1S/C19H21ClN2O3/c1-12-15(6-17(25-12)14-4-2-3-5-16(14)20)18(24)22-8-13-7-21-9-19(13,10-22)11-23/h2-6,13,21,23H,7-11H2,1H3. The van der Waals surface area contributed by atoms with Crippen LogP contribution in [0.2, 0.25) is 5.02 Å². The second-order valence-corrected chi connectivity index (χ2v) is 7.50. The van der Waals surface area contributed by atoms with Crippen LogP contribution in [0.25, 0.3) is 11.3 Å². The van der Waals surface area contributed by atoms with Gasteiger partial charge in [0.25, 0.3) is 5.91 Å². The van der Waals surface area contributed by atoms with Gasteiger partial charge in [-0.25, -0.2) is 0 Å². The number of carbonyl (C=O) groups excluding carboxylic acids is 1. The van der Waals surface area contributed by atoms with Gasteiger partial charge in [-0.15, -0.1) is 0 Å². The first kappa shape index (κ1) is 16.6. The molecule has 0 aliphatic carbocycles. The average molecular weight is 361 g/mol. The van der Waals surface area contributed by atoms with Gasteiger partial charge in [0, 0.05) is 37.2 Å². The Hall–Kier alpha value is -1.82. The van der Waals surface area contributed by atoms with Crippen molar-refractivity contribution >= 4 is 17.5 Å². The number of halogens is 1. The van der Waals surface area contributed by atoms with E-state index in [2.05, 4.69) is 5.32 Å². The summed E-state index contributed by atoms with van der Waals surface area (Å²) < 4.78 is 5.81. The molecule has 2 aromatic rings. The summed E-state index contributed by atoms with van der Waals surface area (Å²) in [4.78, 5) is 14.9. The molecule has 2 aliphatic heterocycles. The highest BCUT2D eigenvalue weighted by molar-refractivity contribution is 6.33. The molecule has 25 heavy (non-hydrogen) atoms. The maximum Gasteiger partial charge on any atom is 0.257 e. The molecule has 4 rings (SSSR count). The van der Waals surface area contributed by atoms with Crippen molar-refractivity contribution in [3.05, 3.63) is 46.7 Å². The Morgan fingerprint density at radius 1 is 1.48 bits per heavy atom. The maximum atomic E-state index is 13.0. The van der Waals surface area contributed by atoms with Crippen molar-refractivity contribution in [3.63, 3.8) is 0 Å². The Bertz CT molecular complexity index is 819. The van der Waals surface area contributed by atoms with E-state index in [1.807, 2.05) is 23.1 Å². The van der Waals surface area contributed by atoms with Crippen molar-refractivity contribution in [2.45, 2.75) is 6.92 Å². The molecule has 0 radical (unpaired) electrons. The number of hydrogen-bond acceptors (Lipinski definition) is 4. The van der Waals surface area contributed by atoms with Crippen LogP contribution < -0.4 is 5.32 Å². The highest BCUT2D eigenvalue weighted by Gasteiger charge is 2.50.